The van der Waals surface area contributed by atoms with E-state index in [0.717, 1.165) is 30.5 Å². The van der Waals surface area contributed by atoms with Gasteiger partial charge in [0.05, 0.1) is 5.69 Å². The van der Waals surface area contributed by atoms with E-state index in [4.69, 9.17) is 5.84 Å². The van der Waals surface area contributed by atoms with Crippen LogP contribution in [0, 0.1) is 0 Å². The first kappa shape index (κ1) is 7.30. The number of nitrogens with one attached hydrogen (secondary N) is 2. The predicted molar refractivity (Wildman–Crippen MR) is 44.7 cm³/mol. The second-order valence-corrected chi connectivity index (χ2v) is 2.84. The van der Waals surface area contributed by atoms with Crippen LogP contribution < -0.4 is 16.8 Å². The molecule has 4 N–H and O–H groups in total. The smallest absolute Gasteiger partial charge is 0.255 e. The molecule has 1 heterocycles. The van der Waals surface area contributed by atoms with Crippen molar-refractivity contribution >= 4 is 5.95 Å². The molecule has 0 unspecified atom stereocenters. The molecule has 2 rings (SSSR count). The number of fused-ring (bicyclic) bond motifs is 1. The SMILES string of the molecule is NNc1nc2c(c(=O)[nH]1)CCC2. The van der Waals surface area contributed by atoms with Crippen LogP contribution in [-0.2, 0) is 12.8 Å². The molecular formula is C7H10N4O. The molecule has 0 saturated carbocycles. The Morgan fingerprint density at radius 2 is 2.33 bits per heavy atom. The van der Waals surface area contributed by atoms with E-state index in [1.807, 2.05) is 0 Å². The fraction of sp³-hybridized carbons (Fsp3) is 0.429. The lowest BCUT2D eigenvalue weighted by Gasteiger charge is -2.00. The number of aromatic amines is 1. The van der Waals surface area contributed by atoms with E-state index < -0.39 is 0 Å². The molecular weight excluding hydrogens is 156 g/mol. The number of nitrogens with zero attached hydrogens (tertiary/aromatic N) is 1. The molecule has 5 nitrogen and oxygen atoms in total. The number of hydrogen-bond acceptors (Lipinski definition) is 4. The van der Waals surface area contributed by atoms with Crippen molar-refractivity contribution in [3.05, 3.63) is 21.6 Å². The van der Waals surface area contributed by atoms with Crippen molar-refractivity contribution in [3.8, 4) is 0 Å². The van der Waals surface area contributed by atoms with Crippen molar-refractivity contribution in [2.45, 2.75) is 19.3 Å². The summed E-state index contributed by atoms with van der Waals surface area (Å²) in [5.41, 5.74) is 3.96. The first-order chi connectivity index (χ1) is 5.81. The number of rotatable bonds is 1. The van der Waals surface area contributed by atoms with Crippen molar-refractivity contribution in [3.63, 3.8) is 0 Å². The fourth-order valence-corrected chi connectivity index (χ4v) is 1.51. The Bertz CT molecular complexity index is 357. The average Bonchev–Trinajstić information content (AvgIpc) is 2.52. The topological polar surface area (TPSA) is 83.8 Å². The average molecular weight is 166 g/mol. The molecule has 12 heavy (non-hydrogen) atoms. The Morgan fingerprint density at radius 3 is 3.08 bits per heavy atom. The first-order valence-corrected chi connectivity index (χ1v) is 3.90. The zero-order valence-electron chi connectivity index (χ0n) is 6.55. The van der Waals surface area contributed by atoms with Gasteiger partial charge in [0.25, 0.3) is 5.56 Å². The van der Waals surface area contributed by atoms with Crippen LogP contribution in [0.5, 0.6) is 0 Å². The lowest BCUT2D eigenvalue weighted by Crippen LogP contribution is -2.20. The third-order valence-electron chi connectivity index (χ3n) is 2.08. The molecule has 0 aliphatic heterocycles. The van der Waals surface area contributed by atoms with Gasteiger partial charge in [-0.2, -0.15) is 0 Å². The number of aryl methyl sites for hydroxylation is 1. The maximum absolute atomic E-state index is 11.3. The quantitative estimate of drug-likeness (QED) is 0.389. The van der Waals surface area contributed by atoms with Crippen LogP contribution in [0.4, 0.5) is 5.95 Å². The van der Waals surface area contributed by atoms with Crippen molar-refractivity contribution in [2.75, 3.05) is 5.43 Å². The third kappa shape index (κ3) is 0.984. The maximum Gasteiger partial charge on any atom is 0.255 e. The molecule has 1 aromatic heterocycles. The van der Waals surface area contributed by atoms with E-state index in [2.05, 4.69) is 15.4 Å². The van der Waals surface area contributed by atoms with Crippen LogP contribution in [0.1, 0.15) is 17.7 Å². The number of hydrazine groups is 1. The first-order valence-electron chi connectivity index (χ1n) is 3.90. The van der Waals surface area contributed by atoms with Gasteiger partial charge < -0.3 is 0 Å². The Kier molecular flexibility index (Phi) is 1.58. The summed E-state index contributed by atoms with van der Waals surface area (Å²) in [6.45, 7) is 0. The summed E-state index contributed by atoms with van der Waals surface area (Å²) in [7, 11) is 0. The van der Waals surface area contributed by atoms with Crippen molar-refractivity contribution in [1.29, 1.82) is 0 Å². The molecule has 0 spiro atoms. The van der Waals surface area contributed by atoms with Gasteiger partial charge in [0.2, 0.25) is 5.95 Å². The Balaban J connectivity index is 2.59. The molecule has 0 atom stereocenters. The summed E-state index contributed by atoms with van der Waals surface area (Å²) in [4.78, 5) is 18.0. The summed E-state index contributed by atoms with van der Waals surface area (Å²) in [5, 5.41) is 0. The van der Waals surface area contributed by atoms with Crippen LogP contribution in [0.25, 0.3) is 0 Å². The minimum atomic E-state index is -0.0644. The lowest BCUT2D eigenvalue weighted by molar-refractivity contribution is 0.898. The zero-order valence-corrected chi connectivity index (χ0v) is 6.55. The molecule has 0 saturated heterocycles. The number of aromatic nitrogens is 2. The Hall–Kier alpha value is -1.36. The minimum absolute atomic E-state index is 0.0644. The van der Waals surface area contributed by atoms with E-state index in [-0.39, 0.29) is 5.56 Å². The lowest BCUT2D eigenvalue weighted by atomic mass is 10.3. The summed E-state index contributed by atoms with van der Waals surface area (Å²) in [6.07, 6.45) is 2.73. The molecule has 0 amide bonds. The van der Waals surface area contributed by atoms with E-state index in [9.17, 15) is 4.79 Å². The van der Waals surface area contributed by atoms with E-state index in [0.29, 0.717) is 5.95 Å². The van der Waals surface area contributed by atoms with Gasteiger partial charge in [0.15, 0.2) is 0 Å². The summed E-state index contributed by atoms with van der Waals surface area (Å²) in [6, 6.07) is 0. The largest absolute Gasteiger partial charge is 0.294 e. The van der Waals surface area contributed by atoms with Crippen LogP contribution in [0.2, 0.25) is 0 Å². The van der Waals surface area contributed by atoms with E-state index >= 15 is 0 Å². The fourth-order valence-electron chi connectivity index (χ4n) is 1.51. The second kappa shape index (κ2) is 2.60. The van der Waals surface area contributed by atoms with Gasteiger partial charge in [-0.3, -0.25) is 15.2 Å². The van der Waals surface area contributed by atoms with Crippen molar-refractivity contribution < 1.29 is 0 Å². The van der Waals surface area contributed by atoms with Gasteiger partial charge in [-0.05, 0) is 19.3 Å². The maximum atomic E-state index is 11.3. The standard InChI is InChI=1S/C7H10N4O/c8-11-7-9-5-3-1-2-4(5)6(12)10-7/h1-3,8H2,(H2,9,10,11,12). The summed E-state index contributed by atoms with van der Waals surface area (Å²) >= 11 is 0. The molecule has 1 aromatic rings. The van der Waals surface area contributed by atoms with Gasteiger partial charge in [-0.15, -0.1) is 0 Å². The number of hydrogen-bond donors (Lipinski definition) is 3. The second-order valence-electron chi connectivity index (χ2n) is 2.84. The van der Waals surface area contributed by atoms with Crippen molar-refractivity contribution in [2.24, 2.45) is 5.84 Å². The van der Waals surface area contributed by atoms with Crippen molar-refractivity contribution in [1.82, 2.24) is 9.97 Å². The van der Waals surface area contributed by atoms with Crippen LogP contribution >= 0.6 is 0 Å². The number of anilines is 1. The molecule has 0 fully saturated rings. The number of nitrogens with two attached hydrogens (primary N) is 1. The number of H-pyrrole nitrogens is 1. The van der Waals surface area contributed by atoms with Gasteiger partial charge in [0, 0.05) is 5.56 Å². The Morgan fingerprint density at radius 1 is 1.50 bits per heavy atom. The molecule has 5 heteroatoms. The normalized spacial score (nSPS) is 14.4. The van der Waals surface area contributed by atoms with Crippen LogP contribution in [0.3, 0.4) is 0 Å². The molecule has 1 aliphatic carbocycles. The highest BCUT2D eigenvalue weighted by Crippen LogP contribution is 2.15. The molecule has 0 aromatic carbocycles. The van der Waals surface area contributed by atoms with E-state index in [1.54, 1.807) is 0 Å². The predicted octanol–water partition coefficient (Wildman–Crippen LogP) is -0.456. The van der Waals surface area contributed by atoms with Gasteiger partial charge >= 0.3 is 0 Å². The van der Waals surface area contributed by atoms with Gasteiger partial charge in [-0.25, -0.2) is 10.8 Å². The van der Waals surface area contributed by atoms with Crippen LogP contribution in [-0.4, -0.2) is 9.97 Å². The summed E-state index contributed by atoms with van der Waals surface area (Å²) in [5.74, 6) is 5.48. The highest BCUT2D eigenvalue weighted by molar-refractivity contribution is 5.30. The zero-order chi connectivity index (χ0) is 8.55. The molecule has 0 radical (unpaired) electrons. The molecule has 1 aliphatic rings. The highest BCUT2D eigenvalue weighted by atomic mass is 16.1. The summed E-state index contributed by atoms with van der Waals surface area (Å²) < 4.78 is 0. The van der Waals surface area contributed by atoms with Crippen LogP contribution in [0.15, 0.2) is 4.79 Å². The van der Waals surface area contributed by atoms with E-state index in [1.165, 1.54) is 0 Å². The number of nitrogen functional groups attached to an aromatic ring is 1. The monoisotopic (exact) mass is 166 g/mol. The third-order valence-corrected chi connectivity index (χ3v) is 2.08. The minimum Gasteiger partial charge on any atom is -0.294 e. The van der Waals surface area contributed by atoms with Gasteiger partial charge in [0.1, 0.15) is 0 Å². The highest BCUT2D eigenvalue weighted by Gasteiger charge is 2.16. The molecule has 64 valence electrons. The van der Waals surface area contributed by atoms with Gasteiger partial charge in [-0.1, -0.05) is 0 Å². The Labute approximate surface area is 69.0 Å². The molecule has 0 bridgehead atoms.